The molecule has 1 aliphatic heterocycles. The highest BCUT2D eigenvalue weighted by Gasteiger charge is 2.51. The van der Waals surface area contributed by atoms with E-state index in [1.54, 1.807) is 0 Å². The Morgan fingerprint density at radius 3 is 2.74 bits per heavy atom. The maximum absolute atomic E-state index is 12.9. The zero-order valence-corrected chi connectivity index (χ0v) is 19.6. The van der Waals surface area contributed by atoms with E-state index in [1.807, 2.05) is 13.0 Å². The molecule has 0 spiro atoms. The molecule has 0 N–H and O–H groups in total. The van der Waals surface area contributed by atoms with E-state index in [9.17, 15) is 9.59 Å². The first kappa shape index (κ1) is 20.8. The van der Waals surface area contributed by atoms with Crippen LogP contribution >= 0.6 is 20.7 Å². The highest BCUT2D eigenvalue weighted by atomic mass is 32.9. The van der Waals surface area contributed by atoms with E-state index in [4.69, 9.17) is 9.47 Å². The Morgan fingerprint density at radius 2 is 2.10 bits per heavy atom. The SMILES string of the molecule is CCOC(=O)c1cc2cc(C3CCOC(C)(C)C3)ccc2n1C1(c2nc(=O)ss2)CC1. The second kappa shape index (κ2) is 7.53. The van der Waals surface area contributed by atoms with Crippen molar-refractivity contribution in [2.24, 2.45) is 0 Å². The Hall–Kier alpha value is -2.03. The van der Waals surface area contributed by atoms with Crippen LogP contribution in [0.3, 0.4) is 0 Å². The maximum Gasteiger partial charge on any atom is 0.355 e. The number of hydrogen-bond acceptors (Lipinski definition) is 7. The molecule has 8 heteroatoms. The van der Waals surface area contributed by atoms with Gasteiger partial charge in [-0.1, -0.05) is 16.4 Å². The highest BCUT2D eigenvalue weighted by Crippen LogP contribution is 2.53. The zero-order valence-electron chi connectivity index (χ0n) is 18.0. The number of ether oxygens (including phenoxy) is 2. The molecule has 3 heterocycles. The Morgan fingerprint density at radius 1 is 1.29 bits per heavy atom. The quantitative estimate of drug-likeness (QED) is 0.401. The zero-order chi connectivity index (χ0) is 21.8. The van der Waals surface area contributed by atoms with Gasteiger partial charge in [-0.05, 0) is 86.5 Å². The topological polar surface area (TPSA) is 70.4 Å². The summed E-state index contributed by atoms with van der Waals surface area (Å²) >= 11 is 0. The summed E-state index contributed by atoms with van der Waals surface area (Å²) in [5.74, 6) is 0.0995. The molecule has 0 amide bonds. The average Bonchev–Trinajstić information content (AvgIpc) is 3.24. The third kappa shape index (κ3) is 3.64. The van der Waals surface area contributed by atoms with Crippen molar-refractivity contribution < 1.29 is 14.3 Å². The second-order valence-electron chi connectivity index (χ2n) is 9.08. The van der Waals surface area contributed by atoms with Crippen molar-refractivity contribution in [2.75, 3.05) is 13.2 Å². The van der Waals surface area contributed by atoms with Crippen LogP contribution in [0.15, 0.2) is 29.1 Å². The lowest BCUT2D eigenvalue weighted by atomic mass is 9.83. The average molecular weight is 459 g/mol. The number of hydrogen-bond donors (Lipinski definition) is 0. The van der Waals surface area contributed by atoms with Crippen LogP contribution < -0.4 is 4.87 Å². The van der Waals surface area contributed by atoms with Gasteiger partial charge in [-0.25, -0.2) is 4.79 Å². The summed E-state index contributed by atoms with van der Waals surface area (Å²) in [5.41, 5.74) is 2.25. The minimum absolute atomic E-state index is 0.125. The molecule has 164 valence electrons. The fraction of sp³-hybridized carbons (Fsp3) is 0.522. The van der Waals surface area contributed by atoms with Crippen LogP contribution in [0.2, 0.25) is 0 Å². The first-order valence-corrected chi connectivity index (χ1v) is 12.9. The van der Waals surface area contributed by atoms with Crippen LogP contribution in [-0.4, -0.2) is 34.3 Å². The number of esters is 1. The van der Waals surface area contributed by atoms with Gasteiger partial charge in [0.25, 0.3) is 0 Å². The molecular formula is C23H26N2O4S2. The smallest absolute Gasteiger partial charge is 0.355 e. The normalized spacial score (nSPS) is 21.8. The molecule has 31 heavy (non-hydrogen) atoms. The molecule has 6 nitrogen and oxygen atoms in total. The van der Waals surface area contributed by atoms with Crippen LogP contribution in [-0.2, 0) is 15.0 Å². The molecule has 1 aromatic carbocycles. The highest BCUT2D eigenvalue weighted by molar-refractivity contribution is 7.68. The molecule has 0 bridgehead atoms. The van der Waals surface area contributed by atoms with Crippen molar-refractivity contribution in [1.82, 2.24) is 9.55 Å². The standard InChI is InChI=1S/C23H26N2O4S2/c1-4-28-19(26)18-12-16-11-14(15-7-10-29-22(2,3)13-15)5-6-17(16)25(18)23(8-9-23)20-24-21(27)31-30-20/h5-6,11-12,15H,4,7-10,13H2,1-3H3. The number of nitrogens with zero attached hydrogens (tertiary/aromatic N) is 2. The van der Waals surface area contributed by atoms with Crippen molar-refractivity contribution in [3.8, 4) is 0 Å². The number of aromatic nitrogens is 2. The number of carbonyl (C=O) groups excluding carboxylic acids is 1. The first-order valence-electron chi connectivity index (χ1n) is 10.8. The number of fused-ring (bicyclic) bond motifs is 1. The van der Waals surface area contributed by atoms with Crippen molar-refractivity contribution in [1.29, 1.82) is 0 Å². The van der Waals surface area contributed by atoms with Gasteiger partial charge in [-0.2, -0.15) is 4.98 Å². The molecular weight excluding hydrogens is 432 g/mol. The molecule has 2 aliphatic rings. The maximum atomic E-state index is 12.9. The van der Waals surface area contributed by atoms with Gasteiger partial charge in [0, 0.05) is 17.5 Å². The molecule has 1 atom stereocenters. The Labute approximate surface area is 188 Å². The van der Waals surface area contributed by atoms with Gasteiger partial charge in [-0.3, -0.25) is 4.79 Å². The third-order valence-corrected chi connectivity index (χ3v) is 8.51. The van der Waals surface area contributed by atoms with Gasteiger partial charge in [-0.15, -0.1) is 0 Å². The molecule has 2 fully saturated rings. The van der Waals surface area contributed by atoms with Crippen LogP contribution in [0.4, 0.5) is 0 Å². The summed E-state index contributed by atoms with van der Waals surface area (Å²) in [4.78, 5) is 28.8. The van der Waals surface area contributed by atoms with Crippen LogP contribution in [0.5, 0.6) is 0 Å². The second-order valence-corrected chi connectivity index (χ2v) is 11.2. The first-order chi connectivity index (χ1) is 14.8. The van der Waals surface area contributed by atoms with E-state index in [1.165, 1.54) is 15.9 Å². The fourth-order valence-corrected chi connectivity index (χ4v) is 6.90. The van der Waals surface area contributed by atoms with Gasteiger partial charge in [0.05, 0.1) is 17.7 Å². The number of benzene rings is 1. The monoisotopic (exact) mass is 458 g/mol. The summed E-state index contributed by atoms with van der Waals surface area (Å²) in [6, 6.07) is 8.45. The van der Waals surface area contributed by atoms with E-state index < -0.39 is 5.54 Å². The van der Waals surface area contributed by atoms with Crippen molar-refractivity contribution in [2.45, 2.75) is 63.5 Å². The summed E-state index contributed by atoms with van der Waals surface area (Å²) in [5, 5.41) is 1.82. The largest absolute Gasteiger partial charge is 0.461 e. The van der Waals surface area contributed by atoms with E-state index >= 15 is 0 Å². The molecule has 1 unspecified atom stereocenters. The Kier molecular flexibility index (Phi) is 5.07. The van der Waals surface area contributed by atoms with Gasteiger partial charge >= 0.3 is 10.8 Å². The molecule has 3 aromatic rings. The van der Waals surface area contributed by atoms with Crippen LogP contribution in [0.25, 0.3) is 10.9 Å². The minimum Gasteiger partial charge on any atom is -0.461 e. The van der Waals surface area contributed by atoms with Crippen molar-refractivity contribution >= 4 is 37.6 Å². The summed E-state index contributed by atoms with van der Waals surface area (Å²) in [6.45, 7) is 7.18. The lowest BCUT2D eigenvalue weighted by molar-refractivity contribution is -0.0592. The molecule has 2 aromatic heterocycles. The lowest BCUT2D eigenvalue weighted by Crippen LogP contribution is -2.32. The minimum atomic E-state index is -0.421. The molecule has 1 aliphatic carbocycles. The predicted molar refractivity (Wildman–Crippen MR) is 122 cm³/mol. The lowest BCUT2D eigenvalue weighted by Gasteiger charge is -2.35. The van der Waals surface area contributed by atoms with Crippen LogP contribution in [0, 0.1) is 0 Å². The van der Waals surface area contributed by atoms with E-state index in [2.05, 4.69) is 41.6 Å². The van der Waals surface area contributed by atoms with E-state index in [0.29, 0.717) is 18.2 Å². The van der Waals surface area contributed by atoms with E-state index in [-0.39, 0.29) is 16.4 Å². The Bertz CT molecular complexity index is 1200. The van der Waals surface area contributed by atoms with Gasteiger partial charge in [0.15, 0.2) is 0 Å². The number of carbonyl (C=O) groups is 1. The Balaban J connectivity index is 1.63. The summed E-state index contributed by atoms with van der Waals surface area (Å²) in [6.07, 6.45) is 3.69. The third-order valence-electron chi connectivity index (χ3n) is 6.41. The van der Waals surface area contributed by atoms with Crippen LogP contribution in [0.1, 0.15) is 73.4 Å². The molecule has 1 saturated carbocycles. The van der Waals surface area contributed by atoms with Gasteiger partial charge < -0.3 is 14.0 Å². The molecule has 5 rings (SSSR count). The predicted octanol–water partition coefficient (Wildman–Crippen LogP) is 4.91. The molecule has 1 saturated heterocycles. The summed E-state index contributed by atoms with van der Waals surface area (Å²) in [7, 11) is 2.57. The van der Waals surface area contributed by atoms with Crippen molar-refractivity contribution in [3.05, 3.63) is 50.2 Å². The fourth-order valence-electron chi connectivity index (χ4n) is 4.85. The van der Waals surface area contributed by atoms with E-state index in [0.717, 1.165) is 58.5 Å². The molecule has 0 radical (unpaired) electrons. The van der Waals surface area contributed by atoms with Crippen molar-refractivity contribution in [3.63, 3.8) is 0 Å². The van der Waals surface area contributed by atoms with Gasteiger partial charge in [0.1, 0.15) is 10.7 Å². The summed E-state index contributed by atoms with van der Waals surface area (Å²) < 4.78 is 13.4. The van der Waals surface area contributed by atoms with Gasteiger partial charge in [0.2, 0.25) is 0 Å². The number of rotatable bonds is 5.